The molecule has 1 heterocycles. The molecule has 0 saturated heterocycles. The zero-order chi connectivity index (χ0) is 21.0. The predicted octanol–water partition coefficient (Wildman–Crippen LogP) is 5.30. The van der Waals surface area contributed by atoms with Gasteiger partial charge >= 0.3 is 0 Å². The number of benzene rings is 2. The molecule has 0 bridgehead atoms. The fourth-order valence-electron chi connectivity index (χ4n) is 2.65. The van der Waals surface area contributed by atoms with Crippen molar-refractivity contribution in [2.45, 2.75) is 25.1 Å². The number of carbonyl (C=O) groups is 1. The third kappa shape index (κ3) is 5.44. The summed E-state index contributed by atoms with van der Waals surface area (Å²) in [7, 11) is 1.85. The molecule has 3 rings (SSSR count). The highest BCUT2D eigenvalue weighted by Gasteiger charge is 2.18. The van der Waals surface area contributed by atoms with Crippen LogP contribution in [0.3, 0.4) is 0 Å². The number of aryl methyl sites for hydroxylation is 1. The Labute approximate surface area is 183 Å². The highest BCUT2D eigenvalue weighted by Crippen LogP contribution is 2.27. The number of halogens is 2. The van der Waals surface area contributed by atoms with Gasteiger partial charge in [0.15, 0.2) is 17.1 Å². The van der Waals surface area contributed by atoms with Crippen LogP contribution in [0.1, 0.15) is 24.4 Å². The molecule has 1 aromatic heterocycles. The van der Waals surface area contributed by atoms with Crippen LogP contribution < -0.4 is 10.1 Å². The topological polar surface area (TPSA) is 69.0 Å². The average molecular weight is 451 g/mol. The molecule has 0 aliphatic carbocycles. The van der Waals surface area contributed by atoms with E-state index in [1.807, 2.05) is 49.7 Å². The molecule has 1 amide bonds. The van der Waals surface area contributed by atoms with E-state index in [-0.39, 0.29) is 17.8 Å². The Bertz CT molecular complexity index is 1030. The van der Waals surface area contributed by atoms with E-state index in [0.29, 0.717) is 26.7 Å². The van der Waals surface area contributed by atoms with Gasteiger partial charge in [0, 0.05) is 12.1 Å². The number of ether oxygens (including phenoxy) is 1. The lowest BCUT2D eigenvalue weighted by molar-refractivity contribution is -0.113. The molecule has 3 aromatic rings. The summed E-state index contributed by atoms with van der Waals surface area (Å²) in [5.74, 6) is 1.42. The third-order valence-corrected chi connectivity index (χ3v) is 5.75. The lowest BCUT2D eigenvalue weighted by Crippen LogP contribution is -2.15. The lowest BCUT2D eigenvalue weighted by atomic mass is 10.2. The van der Waals surface area contributed by atoms with Gasteiger partial charge in [0.25, 0.3) is 0 Å². The zero-order valence-electron chi connectivity index (χ0n) is 16.1. The molecule has 9 heteroatoms. The van der Waals surface area contributed by atoms with Crippen molar-refractivity contribution in [2.75, 3.05) is 11.1 Å². The summed E-state index contributed by atoms with van der Waals surface area (Å²) in [5, 5.41) is 12.7. The van der Waals surface area contributed by atoms with E-state index < -0.39 is 0 Å². The first-order chi connectivity index (χ1) is 13.8. The Morgan fingerprint density at radius 2 is 2.00 bits per heavy atom. The summed E-state index contributed by atoms with van der Waals surface area (Å²) in [6.45, 7) is 3.91. The van der Waals surface area contributed by atoms with Gasteiger partial charge in [-0.2, -0.15) is 0 Å². The first-order valence-electron chi connectivity index (χ1n) is 8.84. The number of aromatic nitrogens is 3. The van der Waals surface area contributed by atoms with Gasteiger partial charge in [-0.1, -0.05) is 53.2 Å². The van der Waals surface area contributed by atoms with Crippen molar-refractivity contribution >= 4 is 46.6 Å². The number of thioether (sulfide) groups is 1. The van der Waals surface area contributed by atoms with Gasteiger partial charge in [-0.3, -0.25) is 4.79 Å². The van der Waals surface area contributed by atoms with Gasteiger partial charge < -0.3 is 14.6 Å². The smallest absolute Gasteiger partial charge is 0.234 e. The SMILES string of the molecule is Cc1ccccc1OC(C)c1nnc(SCC(=O)Nc2cc(Cl)ccc2Cl)n1C. The molecule has 1 unspecified atom stereocenters. The van der Waals surface area contributed by atoms with E-state index in [4.69, 9.17) is 27.9 Å². The molecule has 0 fully saturated rings. The fraction of sp³-hybridized carbons (Fsp3) is 0.250. The number of carbonyl (C=O) groups excluding carboxylic acids is 1. The van der Waals surface area contributed by atoms with E-state index in [2.05, 4.69) is 15.5 Å². The second kappa shape index (κ2) is 9.52. The molecule has 0 aliphatic rings. The number of anilines is 1. The van der Waals surface area contributed by atoms with E-state index in [1.165, 1.54) is 11.8 Å². The minimum absolute atomic E-state index is 0.155. The van der Waals surface area contributed by atoms with Crippen molar-refractivity contribution in [1.82, 2.24) is 14.8 Å². The van der Waals surface area contributed by atoms with Gasteiger partial charge in [0.1, 0.15) is 5.75 Å². The van der Waals surface area contributed by atoms with Crippen molar-refractivity contribution in [1.29, 1.82) is 0 Å². The van der Waals surface area contributed by atoms with Crippen molar-refractivity contribution in [3.05, 3.63) is 63.9 Å². The summed E-state index contributed by atoms with van der Waals surface area (Å²) in [6, 6.07) is 12.7. The maximum atomic E-state index is 12.3. The fourth-order valence-corrected chi connectivity index (χ4v) is 3.70. The predicted molar refractivity (Wildman–Crippen MR) is 117 cm³/mol. The molecule has 152 valence electrons. The second-order valence-corrected chi connectivity index (χ2v) is 8.17. The number of hydrogen-bond acceptors (Lipinski definition) is 5. The van der Waals surface area contributed by atoms with Gasteiger partial charge in [-0.25, -0.2) is 0 Å². The first-order valence-corrected chi connectivity index (χ1v) is 10.6. The highest BCUT2D eigenvalue weighted by atomic mass is 35.5. The van der Waals surface area contributed by atoms with Crippen LogP contribution in [0.4, 0.5) is 5.69 Å². The van der Waals surface area contributed by atoms with Crippen molar-refractivity contribution in [2.24, 2.45) is 7.05 Å². The van der Waals surface area contributed by atoms with E-state index in [9.17, 15) is 4.79 Å². The molecule has 0 aliphatic heterocycles. The van der Waals surface area contributed by atoms with Crippen LogP contribution in [0.15, 0.2) is 47.6 Å². The largest absolute Gasteiger partial charge is 0.482 e. The maximum Gasteiger partial charge on any atom is 0.234 e. The molecule has 29 heavy (non-hydrogen) atoms. The number of hydrogen-bond donors (Lipinski definition) is 1. The van der Waals surface area contributed by atoms with Crippen molar-refractivity contribution < 1.29 is 9.53 Å². The summed E-state index contributed by atoms with van der Waals surface area (Å²) in [6.07, 6.45) is -0.290. The van der Waals surface area contributed by atoms with Crippen molar-refractivity contribution in [3.63, 3.8) is 0 Å². The van der Waals surface area contributed by atoms with Crippen LogP contribution in [0.2, 0.25) is 10.0 Å². The first kappa shape index (κ1) is 21.5. The van der Waals surface area contributed by atoms with Crippen LogP contribution in [0.25, 0.3) is 0 Å². The minimum atomic E-state index is -0.290. The Balaban J connectivity index is 1.61. The van der Waals surface area contributed by atoms with Crippen LogP contribution in [0.5, 0.6) is 5.75 Å². The summed E-state index contributed by atoms with van der Waals surface area (Å²) < 4.78 is 7.84. The van der Waals surface area contributed by atoms with Crippen molar-refractivity contribution in [3.8, 4) is 5.75 Å². The maximum absolute atomic E-state index is 12.3. The summed E-state index contributed by atoms with van der Waals surface area (Å²) in [4.78, 5) is 12.3. The Morgan fingerprint density at radius 1 is 1.24 bits per heavy atom. The zero-order valence-corrected chi connectivity index (χ0v) is 18.5. The third-order valence-electron chi connectivity index (χ3n) is 4.16. The quantitative estimate of drug-likeness (QED) is 0.494. The highest BCUT2D eigenvalue weighted by molar-refractivity contribution is 7.99. The number of para-hydroxylation sites is 1. The Kier molecular flexibility index (Phi) is 7.05. The van der Waals surface area contributed by atoms with Crippen LogP contribution >= 0.6 is 35.0 Å². The summed E-state index contributed by atoms with van der Waals surface area (Å²) >= 11 is 13.3. The average Bonchev–Trinajstić information content (AvgIpc) is 3.05. The van der Waals surface area contributed by atoms with Crippen LogP contribution in [0, 0.1) is 6.92 Å². The van der Waals surface area contributed by atoms with Gasteiger partial charge in [-0.05, 0) is 43.7 Å². The molecule has 0 spiro atoms. The minimum Gasteiger partial charge on any atom is -0.482 e. The van der Waals surface area contributed by atoms with Gasteiger partial charge in [-0.15, -0.1) is 10.2 Å². The molecular weight excluding hydrogens is 431 g/mol. The van der Waals surface area contributed by atoms with Gasteiger partial charge in [0.05, 0.1) is 16.5 Å². The number of rotatable bonds is 7. The van der Waals surface area contributed by atoms with E-state index >= 15 is 0 Å². The molecule has 1 atom stereocenters. The molecule has 2 aromatic carbocycles. The Hall–Kier alpha value is -2.22. The van der Waals surface area contributed by atoms with Crippen LogP contribution in [-0.4, -0.2) is 26.4 Å². The second-order valence-electron chi connectivity index (χ2n) is 6.39. The van der Waals surface area contributed by atoms with Crippen LogP contribution in [-0.2, 0) is 11.8 Å². The standard InChI is InChI=1S/C20H20Cl2N4O2S/c1-12-6-4-5-7-17(12)28-13(2)19-24-25-20(26(19)3)29-11-18(27)23-16-10-14(21)8-9-15(16)22/h4-10,13H,11H2,1-3H3,(H,23,27). The summed E-state index contributed by atoms with van der Waals surface area (Å²) in [5.41, 5.74) is 1.52. The number of nitrogens with one attached hydrogen (secondary N) is 1. The van der Waals surface area contributed by atoms with E-state index in [0.717, 1.165) is 11.3 Å². The monoisotopic (exact) mass is 450 g/mol. The lowest BCUT2D eigenvalue weighted by Gasteiger charge is -2.15. The van der Waals surface area contributed by atoms with Gasteiger partial charge in [0.2, 0.25) is 5.91 Å². The normalized spacial score (nSPS) is 11.9. The molecule has 6 nitrogen and oxygen atoms in total. The van der Waals surface area contributed by atoms with E-state index in [1.54, 1.807) is 18.2 Å². The molecule has 1 N–H and O–H groups in total. The Morgan fingerprint density at radius 3 is 2.76 bits per heavy atom. The number of nitrogens with zero attached hydrogens (tertiary/aromatic N) is 3. The molecule has 0 radical (unpaired) electrons. The number of amides is 1. The molecule has 0 saturated carbocycles. The molecular formula is C20H20Cl2N4O2S.